The summed E-state index contributed by atoms with van der Waals surface area (Å²) >= 11 is 0. The van der Waals surface area contributed by atoms with Crippen molar-refractivity contribution in [2.75, 3.05) is 13.2 Å². The summed E-state index contributed by atoms with van der Waals surface area (Å²) in [6.07, 6.45) is 4.76. The summed E-state index contributed by atoms with van der Waals surface area (Å²) in [5, 5.41) is 6.98. The molecule has 20 heavy (non-hydrogen) atoms. The van der Waals surface area contributed by atoms with Crippen molar-refractivity contribution in [1.29, 1.82) is 0 Å². The van der Waals surface area contributed by atoms with Gasteiger partial charge in [-0.15, -0.1) is 0 Å². The van der Waals surface area contributed by atoms with Crippen LogP contribution in [0, 0.1) is 11.3 Å². The first kappa shape index (κ1) is 15.0. The highest BCUT2D eigenvalue weighted by Crippen LogP contribution is 2.34. The maximum Gasteiger partial charge on any atom is 0.221 e. The summed E-state index contributed by atoms with van der Waals surface area (Å²) in [5.41, 5.74) is 0.118. The maximum atomic E-state index is 11.8. The zero-order valence-electron chi connectivity index (χ0n) is 12.5. The van der Waals surface area contributed by atoms with Gasteiger partial charge in [-0.1, -0.05) is 20.8 Å². The first-order valence-corrected chi connectivity index (χ1v) is 7.17. The van der Waals surface area contributed by atoms with Crippen LogP contribution < -0.4 is 5.32 Å². The maximum absolute atomic E-state index is 11.8. The minimum Gasteiger partial charge on any atom is -0.377 e. The van der Waals surface area contributed by atoms with Gasteiger partial charge in [-0.05, 0) is 11.8 Å². The second kappa shape index (κ2) is 6.35. The number of nitrogens with one attached hydrogen (secondary N) is 1. The van der Waals surface area contributed by atoms with Crippen LogP contribution in [0.1, 0.15) is 33.6 Å². The third-order valence-corrected chi connectivity index (χ3v) is 3.66. The van der Waals surface area contributed by atoms with Gasteiger partial charge in [0.1, 0.15) is 12.7 Å². The average molecular weight is 280 g/mol. The molecule has 1 saturated heterocycles. The molecule has 1 aliphatic heterocycles. The molecule has 2 atom stereocenters. The Morgan fingerprint density at radius 1 is 1.50 bits per heavy atom. The molecule has 0 unspecified atom stereocenters. The van der Waals surface area contributed by atoms with E-state index in [1.807, 2.05) is 0 Å². The van der Waals surface area contributed by atoms with Gasteiger partial charge in [0.25, 0.3) is 0 Å². The number of aromatic nitrogens is 3. The molecule has 0 radical (unpaired) electrons. The molecule has 0 saturated carbocycles. The molecule has 2 heterocycles. The number of carbonyl (C=O) groups excluding carboxylic acids is 1. The van der Waals surface area contributed by atoms with Crippen LogP contribution in [0.4, 0.5) is 0 Å². The van der Waals surface area contributed by atoms with Crippen LogP contribution in [-0.4, -0.2) is 39.9 Å². The number of hydrogen-bond donors (Lipinski definition) is 1. The molecule has 6 heteroatoms. The fourth-order valence-electron chi connectivity index (χ4n) is 2.70. The van der Waals surface area contributed by atoms with E-state index < -0.39 is 0 Å². The van der Waals surface area contributed by atoms with Gasteiger partial charge in [0.15, 0.2) is 0 Å². The van der Waals surface area contributed by atoms with Gasteiger partial charge in [0.05, 0.1) is 12.6 Å². The van der Waals surface area contributed by atoms with E-state index in [0.717, 1.165) is 13.0 Å². The average Bonchev–Trinajstić information content (AvgIpc) is 3.03. The first-order valence-electron chi connectivity index (χ1n) is 7.17. The zero-order valence-corrected chi connectivity index (χ0v) is 12.5. The molecular weight excluding hydrogens is 256 g/mol. The Hall–Kier alpha value is -1.43. The Labute approximate surface area is 119 Å². The summed E-state index contributed by atoms with van der Waals surface area (Å²) in [5.74, 6) is 0.463. The van der Waals surface area contributed by atoms with Crippen molar-refractivity contribution in [1.82, 2.24) is 20.1 Å². The smallest absolute Gasteiger partial charge is 0.221 e. The topological polar surface area (TPSA) is 69.0 Å². The number of aryl methyl sites for hydroxylation is 1. The van der Waals surface area contributed by atoms with E-state index in [-0.39, 0.29) is 17.4 Å². The molecule has 6 nitrogen and oxygen atoms in total. The summed E-state index contributed by atoms with van der Waals surface area (Å²) in [6, 6.07) is 0. The van der Waals surface area contributed by atoms with Crippen LogP contribution in [0.15, 0.2) is 12.7 Å². The van der Waals surface area contributed by atoms with Crippen molar-refractivity contribution in [2.45, 2.75) is 46.3 Å². The Morgan fingerprint density at radius 3 is 2.95 bits per heavy atom. The van der Waals surface area contributed by atoms with Crippen LogP contribution in [0.2, 0.25) is 0 Å². The van der Waals surface area contributed by atoms with Crippen LogP contribution in [0.3, 0.4) is 0 Å². The van der Waals surface area contributed by atoms with Crippen LogP contribution >= 0.6 is 0 Å². The van der Waals surface area contributed by atoms with Gasteiger partial charge >= 0.3 is 0 Å². The Morgan fingerprint density at radius 2 is 2.30 bits per heavy atom. The van der Waals surface area contributed by atoms with Gasteiger partial charge in [-0.3, -0.25) is 9.48 Å². The standard InChI is InChI=1S/C14H24N4O2/c1-14(2,3)13-11(5-7-20-13)8-16-12(19)4-6-18-10-15-9-17-18/h9-11,13H,4-8H2,1-3H3,(H,16,19)/t11-,13+/m1/s1. The van der Waals surface area contributed by atoms with Crippen molar-refractivity contribution in [3.63, 3.8) is 0 Å². The minimum absolute atomic E-state index is 0.0556. The normalized spacial score (nSPS) is 22.9. The van der Waals surface area contributed by atoms with Gasteiger partial charge in [0, 0.05) is 25.5 Å². The molecule has 1 amide bonds. The fraction of sp³-hybridized carbons (Fsp3) is 0.786. The second-order valence-corrected chi connectivity index (χ2v) is 6.42. The van der Waals surface area contributed by atoms with Gasteiger partial charge < -0.3 is 10.1 Å². The molecule has 0 bridgehead atoms. The number of amides is 1. The number of hydrogen-bond acceptors (Lipinski definition) is 4. The van der Waals surface area contributed by atoms with E-state index in [1.165, 1.54) is 6.33 Å². The molecule has 0 spiro atoms. The van der Waals surface area contributed by atoms with Crippen LogP contribution in [0.5, 0.6) is 0 Å². The molecule has 2 rings (SSSR count). The highest BCUT2D eigenvalue weighted by atomic mass is 16.5. The zero-order chi connectivity index (χ0) is 14.6. The van der Waals surface area contributed by atoms with Crippen molar-refractivity contribution in [3.8, 4) is 0 Å². The quantitative estimate of drug-likeness (QED) is 0.881. The lowest BCUT2D eigenvalue weighted by Crippen LogP contribution is -2.38. The minimum atomic E-state index is 0.0556. The van der Waals surface area contributed by atoms with Gasteiger partial charge in [-0.2, -0.15) is 5.10 Å². The van der Waals surface area contributed by atoms with Crippen molar-refractivity contribution >= 4 is 5.91 Å². The van der Waals surface area contributed by atoms with E-state index in [4.69, 9.17) is 4.74 Å². The fourth-order valence-corrected chi connectivity index (χ4v) is 2.70. The van der Waals surface area contributed by atoms with Gasteiger partial charge in [-0.25, -0.2) is 4.98 Å². The highest BCUT2D eigenvalue weighted by Gasteiger charge is 2.37. The third-order valence-electron chi connectivity index (χ3n) is 3.66. The van der Waals surface area contributed by atoms with E-state index in [1.54, 1.807) is 11.0 Å². The van der Waals surface area contributed by atoms with E-state index in [9.17, 15) is 4.79 Å². The van der Waals surface area contributed by atoms with E-state index in [2.05, 4.69) is 36.2 Å². The van der Waals surface area contributed by atoms with Crippen molar-refractivity contribution in [2.24, 2.45) is 11.3 Å². The van der Waals surface area contributed by atoms with Gasteiger partial charge in [0.2, 0.25) is 5.91 Å². The first-order chi connectivity index (χ1) is 9.47. The molecule has 0 aliphatic carbocycles. The Bertz CT molecular complexity index is 425. The number of carbonyl (C=O) groups is 1. The largest absolute Gasteiger partial charge is 0.377 e. The lowest BCUT2D eigenvalue weighted by Gasteiger charge is -2.31. The molecule has 1 aromatic heterocycles. The SMILES string of the molecule is CC(C)(C)[C@H]1OCC[C@@H]1CNC(=O)CCn1cncn1. The number of ether oxygens (including phenoxy) is 1. The monoisotopic (exact) mass is 280 g/mol. The van der Waals surface area contributed by atoms with Crippen molar-refractivity contribution < 1.29 is 9.53 Å². The van der Waals surface area contributed by atoms with E-state index in [0.29, 0.717) is 25.4 Å². The second-order valence-electron chi connectivity index (χ2n) is 6.42. The molecule has 1 aliphatic rings. The van der Waals surface area contributed by atoms with E-state index >= 15 is 0 Å². The molecular formula is C14H24N4O2. The molecule has 1 aromatic rings. The summed E-state index contributed by atoms with van der Waals surface area (Å²) in [4.78, 5) is 15.7. The summed E-state index contributed by atoms with van der Waals surface area (Å²) in [7, 11) is 0. The molecule has 0 aromatic carbocycles. The number of nitrogens with zero attached hydrogens (tertiary/aromatic N) is 3. The summed E-state index contributed by atoms with van der Waals surface area (Å²) in [6.45, 7) is 8.60. The highest BCUT2D eigenvalue weighted by molar-refractivity contribution is 5.75. The van der Waals surface area contributed by atoms with Crippen molar-refractivity contribution in [3.05, 3.63) is 12.7 Å². The molecule has 112 valence electrons. The predicted octanol–water partition coefficient (Wildman–Crippen LogP) is 1.24. The predicted molar refractivity (Wildman–Crippen MR) is 75.0 cm³/mol. The number of rotatable bonds is 5. The lowest BCUT2D eigenvalue weighted by molar-refractivity contribution is -0.121. The Kier molecular flexibility index (Phi) is 4.75. The van der Waals surface area contributed by atoms with Crippen LogP contribution in [-0.2, 0) is 16.1 Å². The molecule has 1 fully saturated rings. The molecule has 1 N–H and O–H groups in total. The lowest BCUT2D eigenvalue weighted by atomic mass is 9.81. The Balaban J connectivity index is 1.73. The third kappa shape index (κ3) is 4.03. The summed E-state index contributed by atoms with van der Waals surface area (Å²) < 4.78 is 7.47. The van der Waals surface area contributed by atoms with Crippen LogP contribution in [0.25, 0.3) is 0 Å².